The van der Waals surface area contributed by atoms with Crippen molar-refractivity contribution in [2.45, 2.75) is 20.3 Å². The van der Waals surface area contributed by atoms with Crippen LogP contribution < -0.4 is 4.74 Å². The van der Waals surface area contributed by atoms with Gasteiger partial charge in [-0.2, -0.15) is 0 Å². The lowest BCUT2D eigenvalue weighted by Gasteiger charge is -2.05. The molecular weight excluding hydrogens is 290 g/mol. The Bertz CT molecular complexity index is 792. The molecule has 0 aliphatic heterocycles. The van der Waals surface area contributed by atoms with E-state index in [9.17, 15) is 0 Å². The number of rotatable bonds is 4. The van der Waals surface area contributed by atoms with Crippen molar-refractivity contribution in [3.8, 4) is 16.5 Å². The third-order valence-corrected chi connectivity index (χ3v) is 4.82. The quantitative estimate of drug-likeness (QED) is 0.674. The first-order valence-corrected chi connectivity index (χ1v) is 8.13. The monoisotopic (exact) mass is 309 g/mol. The first-order valence-electron chi connectivity index (χ1n) is 7.32. The number of thiophene rings is 1. The van der Waals surface area contributed by atoms with E-state index in [2.05, 4.69) is 49.2 Å². The Kier molecular flexibility index (Phi) is 4.25. The molecule has 0 unspecified atom stereocenters. The summed E-state index contributed by atoms with van der Waals surface area (Å²) in [5, 5.41) is 0. The summed E-state index contributed by atoms with van der Waals surface area (Å²) < 4.78 is 5.20. The normalized spacial score (nSPS) is 10.7. The molecule has 3 rings (SSSR count). The molecule has 0 spiro atoms. The molecule has 0 N–H and O–H groups in total. The van der Waals surface area contributed by atoms with Crippen LogP contribution in [0.4, 0.5) is 0 Å². The second kappa shape index (κ2) is 6.32. The zero-order valence-corrected chi connectivity index (χ0v) is 13.9. The first-order chi connectivity index (χ1) is 10.7. The largest absolute Gasteiger partial charge is 0.481 e. The van der Waals surface area contributed by atoms with Crippen LogP contribution in [-0.2, 0) is 6.42 Å². The summed E-state index contributed by atoms with van der Waals surface area (Å²) in [6.45, 7) is 4.32. The van der Waals surface area contributed by atoms with Gasteiger partial charge in [0.25, 0.3) is 0 Å². The van der Waals surface area contributed by atoms with Gasteiger partial charge in [-0.3, -0.25) is 0 Å². The van der Waals surface area contributed by atoms with Crippen molar-refractivity contribution in [2.75, 3.05) is 7.11 Å². The number of hydrogen-bond acceptors (Lipinski definition) is 3. The van der Waals surface area contributed by atoms with E-state index < -0.39 is 0 Å². The van der Waals surface area contributed by atoms with Crippen LogP contribution in [0.3, 0.4) is 0 Å². The van der Waals surface area contributed by atoms with E-state index in [-0.39, 0.29) is 0 Å². The average molecular weight is 309 g/mol. The van der Waals surface area contributed by atoms with E-state index in [1.54, 1.807) is 18.4 Å². The van der Waals surface area contributed by atoms with Gasteiger partial charge in [-0.15, -0.1) is 11.3 Å². The summed E-state index contributed by atoms with van der Waals surface area (Å²) in [4.78, 5) is 7.04. The molecule has 2 nitrogen and oxygen atoms in total. The Labute approximate surface area is 135 Å². The number of ether oxygens (including phenoxy) is 1. The fourth-order valence-electron chi connectivity index (χ4n) is 2.45. The maximum absolute atomic E-state index is 5.20. The molecule has 0 fully saturated rings. The van der Waals surface area contributed by atoms with Gasteiger partial charge in [-0.05, 0) is 43.2 Å². The SMILES string of the molecule is COc1cccc(-c2ccc(Cc3cc(C)ccc3C)s2)n1. The third kappa shape index (κ3) is 3.20. The Hall–Kier alpha value is -2.13. The van der Waals surface area contributed by atoms with Crippen LogP contribution in [0.2, 0.25) is 0 Å². The van der Waals surface area contributed by atoms with Crippen LogP contribution in [0, 0.1) is 13.8 Å². The summed E-state index contributed by atoms with van der Waals surface area (Å²) in [7, 11) is 1.65. The smallest absolute Gasteiger partial charge is 0.213 e. The molecular formula is C19H19NOS. The third-order valence-electron chi connectivity index (χ3n) is 3.72. The maximum atomic E-state index is 5.20. The van der Waals surface area contributed by atoms with E-state index >= 15 is 0 Å². The zero-order valence-electron chi connectivity index (χ0n) is 13.1. The molecule has 2 heterocycles. The van der Waals surface area contributed by atoms with Crippen LogP contribution in [0.5, 0.6) is 5.88 Å². The lowest BCUT2D eigenvalue weighted by atomic mass is 10.0. The lowest BCUT2D eigenvalue weighted by Crippen LogP contribution is -1.90. The molecule has 0 saturated carbocycles. The van der Waals surface area contributed by atoms with Gasteiger partial charge >= 0.3 is 0 Å². The topological polar surface area (TPSA) is 22.1 Å². The number of methoxy groups -OCH3 is 1. The zero-order chi connectivity index (χ0) is 15.5. The highest BCUT2D eigenvalue weighted by Crippen LogP contribution is 2.29. The molecule has 22 heavy (non-hydrogen) atoms. The summed E-state index contributed by atoms with van der Waals surface area (Å²) >= 11 is 1.80. The van der Waals surface area contributed by atoms with Crippen LogP contribution in [0.1, 0.15) is 21.6 Å². The number of aromatic nitrogens is 1. The molecule has 1 aromatic carbocycles. The molecule has 0 bridgehead atoms. The number of aryl methyl sites for hydroxylation is 2. The second-order valence-electron chi connectivity index (χ2n) is 5.44. The lowest BCUT2D eigenvalue weighted by molar-refractivity contribution is 0.398. The fraction of sp³-hybridized carbons (Fsp3) is 0.211. The molecule has 0 atom stereocenters. The minimum absolute atomic E-state index is 0.655. The van der Waals surface area contributed by atoms with Crippen LogP contribution in [0.25, 0.3) is 10.6 Å². The number of nitrogens with zero attached hydrogens (tertiary/aromatic N) is 1. The van der Waals surface area contributed by atoms with Gasteiger partial charge < -0.3 is 4.74 Å². The van der Waals surface area contributed by atoms with E-state index in [1.807, 2.05) is 18.2 Å². The predicted molar refractivity (Wildman–Crippen MR) is 92.8 cm³/mol. The molecule has 0 amide bonds. The number of benzene rings is 1. The highest BCUT2D eigenvalue weighted by atomic mass is 32.1. The summed E-state index contributed by atoms with van der Waals surface area (Å²) in [6, 6.07) is 16.9. The maximum Gasteiger partial charge on any atom is 0.213 e. The van der Waals surface area contributed by atoms with E-state index in [1.165, 1.54) is 26.4 Å². The minimum Gasteiger partial charge on any atom is -0.481 e. The van der Waals surface area contributed by atoms with Crippen molar-refractivity contribution >= 4 is 11.3 Å². The molecule has 0 aliphatic rings. The van der Waals surface area contributed by atoms with Crippen molar-refractivity contribution in [3.05, 3.63) is 70.1 Å². The van der Waals surface area contributed by atoms with Crippen molar-refractivity contribution in [1.82, 2.24) is 4.98 Å². The molecule has 112 valence electrons. The molecule has 0 radical (unpaired) electrons. The number of pyridine rings is 1. The highest BCUT2D eigenvalue weighted by Gasteiger charge is 2.07. The highest BCUT2D eigenvalue weighted by molar-refractivity contribution is 7.15. The van der Waals surface area contributed by atoms with Gasteiger partial charge in [0.1, 0.15) is 0 Å². The van der Waals surface area contributed by atoms with Crippen LogP contribution in [0.15, 0.2) is 48.5 Å². The van der Waals surface area contributed by atoms with Crippen molar-refractivity contribution in [1.29, 1.82) is 0 Å². The van der Waals surface area contributed by atoms with Gasteiger partial charge in [0.15, 0.2) is 0 Å². The van der Waals surface area contributed by atoms with Gasteiger partial charge in [0.05, 0.1) is 17.7 Å². The summed E-state index contributed by atoms with van der Waals surface area (Å²) in [6.07, 6.45) is 0.974. The van der Waals surface area contributed by atoms with E-state index in [4.69, 9.17) is 4.74 Å². The molecule has 2 aromatic heterocycles. The van der Waals surface area contributed by atoms with Gasteiger partial charge in [0.2, 0.25) is 5.88 Å². The Morgan fingerprint density at radius 1 is 1.05 bits per heavy atom. The Morgan fingerprint density at radius 3 is 2.73 bits per heavy atom. The van der Waals surface area contributed by atoms with Gasteiger partial charge in [0, 0.05) is 17.4 Å². The standard InChI is InChI=1S/C19H19NOS/c1-13-7-8-14(2)15(11-13)12-16-9-10-18(22-16)17-5-4-6-19(20-17)21-3/h4-11H,12H2,1-3H3. The van der Waals surface area contributed by atoms with Crippen molar-refractivity contribution < 1.29 is 4.74 Å². The van der Waals surface area contributed by atoms with Gasteiger partial charge in [-0.1, -0.05) is 29.8 Å². The molecule has 3 aromatic rings. The molecule has 0 saturated heterocycles. The Balaban J connectivity index is 1.86. The second-order valence-corrected chi connectivity index (χ2v) is 6.61. The van der Waals surface area contributed by atoms with E-state index in [0.717, 1.165) is 12.1 Å². The van der Waals surface area contributed by atoms with Crippen LogP contribution >= 0.6 is 11.3 Å². The average Bonchev–Trinajstić information content (AvgIpc) is 2.99. The summed E-state index contributed by atoms with van der Waals surface area (Å²) in [5.41, 5.74) is 5.02. The van der Waals surface area contributed by atoms with Crippen molar-refractivity contribution in [2.24, 2.45) is 0 Å². The molecule has 0 aliphatic carbocycles. The summed E-state index contributed by atoms with van der Waals surface area (Å²) in [5.74, 6) is 0.655. The fourth-order valence-corrected chi connectivity index (χ4v) is 3.46. The van der Waals surface area contributed by atoms with E-state index in [0.29, 0.717) is 5.88 Å². The van der Waals surface area contributed by atoms with Crippen LogP contribution in [-0.4, -0.2) is 12.1 Å². The minimum atomic E-state index is 0.655. The molecule has 3 heteroatoms. The Morgan fingerprint density at radius 2 is 1.91 bits per heavy atom. The van der Waals surface area contributed by atoms with Gasteiger partial charge in [-0.25, -0.2) is 4.98 Å². The first kappa shape index (κ1) is 14.8. The predicted octanol–water partition coefficient (Wildman–Crippen LogP) is 5.03. The number of hydrogen-bond donors (Lipinski definition) is 0. The van der Waals surface area contributed by atoms with Crippen molar-refractivity contribution in [3.63, 3.8) is 0 Å².